The SMILES string of the molecule is CC[C@H](C)[C@@H]([C@@H](CC(=O)N1CCC[C@H]1[C@H](OC)[C@@H](C)C(=O)N[C@@H](Cc1ccccc1)C(=O)O)OC)N(C)C(=O)C(NC(=O)[C@H](C(C)C)N(C)C[C@@H](C)N)C(C)C. The average Bonchev–Trinajstić information content (AvgIpc) is 3.62. The molecule has 1 aliphatic heterocycles. The zero-order chi connectivity index (χ0) is 42.4. The van der Waals surface area contributed by atoms with Gasteiger partial charge in [-0.1, -0.05) is 85.2 Å². The first-order chi connectivity index (χ1) is 26.3. The molecule has 4 amide bonds. The van der Waals surface area contributed by atoms with Crippen LogP contribution in [0.2, 0.25) is 0 Å². The Bertz CT molecular complexity index is 1410. The third-order valence-electron chi connectivity index (χ3n) is 11.3. The second kappa shape index (κ2) is 23.0. The average molecular weight is 789 g/mol. The van der Waals surface area contributed by atoms with Gasteiger partial charge in [0.05, 0.1) is 42.7 Å². The largest absolute Gasteiger partial charge is 0.480 e. The van der Waals surface area contributed by atoms with Gasteiger partial charge in [-0.2, -0.15) is 0 Å². The number of hydrogen-bond donors (Lipinski definition) is 4. The number of likely N-dealkylation sites (tertiary alicyclic amines) is 1. The molecule has 0 radical (unpaired) electrons. The smallest absolute Gasteiger partial charge is 0.326 e. The minimum absolute atomic E-state index is 0.0228. The van der Waals surface area contributed by atoms with Crippen LogP contribution in [0.5, 0.6) is 0 Å². The molecule has 318 valence electrons. The van der Waals surface area contributed by atoms with Gasteiger partial charge in [0.15, 0.2) is 0 Å². The highest BCUT2D eigenvalue weighted by Gasteiger charge is 2.43. The van der Waals surface area contributed by atoms with E-state index in [-0.39, 0.29) is 54.4 Å². The molecule has 10 atom stereocenters. The van der Waals surface area contributed by atoms with E-state index in [1.54, 1.807) is 23.8 Å². The van der Waals surface area contributed by atoms with Gasteiger partial charge in [-0.3, -0.25) is 24.1 Å². The van der Waals surface area contributed by atoms with Gasteiger partial charge in [0.25, 0.3) is 0 Å². The van der Waals surface area contributed by atoms with Gasteiger partial charge >= 0.3 is 5.97 Å². The molecule has 1 heterocycles. The molecule has 0 aromatic heterocycles. The van der Waals surface area contributed by atoms with Crippen LogP contribution in [0.4, 0.5) is 0 Å². The number of likely N-dealkylation sites (N-methyl/N-ethyl adjacent to an activating group) is 2. The van der Waals surface area contributed by atoms with Crippen molar-refractivity contribution < 1.29 is 38.6 Å². The molecule has 1 aromatic rings. The molecule has 1 fully saturated rings. The second-order valence-electron chi connectivity index (χ2n) is 16.5. The lowest BCUT2D eigenvalue weighted by Gasteiger charge is -2.41. The first-order valence-electron chi connectivity index (χ1n) is 20.3. The zero-order valence-electron chi connectivity index (χ0n) is 36.0. The number of benzene rings is 1. The lowest BCUT2D eigenvalue weighted by molar-refractivity contribution is -0.148. The highest BCUT2D eigenvalue weighted by atomic mass is 16.5. The standard InChI is InChI=1S/C42H72N6O8/c1-13-27(6)37(47(10)41(52)35(25(2)3)45-40(51)36(26(4)5)46(9)24-28(7)43)33(55-11)23-34(49)48-21-17-20-32(48)38(56-12)29(8)39(50)44-31(42(53)54)22-30-18-15-14-16-19-30/h14-16,18-19,25-29,31-33,35-38H,13,17,20-24,43H2,1-12H3,(H,44,50)(H,45,51)(H,53,54)/t27-,28+,29+,31-,32-,33+,35?,36-,37-,38+/m0/s1. The number of carboxylic acids is 1. The van der Waals surface area contributed by atoms with E-state index in [9.17, 15) is 29.1 Å². The molecule has 56 heavy (non-hydrogen) atoms. The third kappa shape index (κ3) is 13.2. The van der Waals surface area contributed by atoms with E-state index in [0.717, 1.165) is 5.56 Å². The number of nitrogens with one attached hydrogen (secondary N) is 2. The summed E-state index contributed by atoms with van der Waals surface area (Å²) in [5.74, 6) is -3.39. The maximum Gasteiger partial charge on any atom is 0.326 e. The Morgan fingerprint density at radius 1 is 0.929 bits per heavy atom. The maximum absolute atomic E-state index is 14.4. The second-order valence-corrected chi connectivity index (χ2v) is 16.5. The van der Waals surface area contributed by atoms with Crippen molar-refractivity contribution in [2.45, 2.75) is 136 Å². The highest BCUT2D eigenvalue weighted by Crippen LogP contribution is 2.30. The van der Waals surface area contributed by atoms with Gasteiger partial charge < -0.3 is 40.7 Å². The van der Waals surface area contributed by atoms with Crippen LogP contribution in [0.1, 0.15) is 86.6 Å². The van der Waals surface area contributed by atoms with Crippen molar-refractivity contribution in [3.05, 3.63) is 35.9 Å². The molecule has 1 unspecified atom stereocenters. The lowest BCUT2D eigenvalue weighted by Crippen LogP contribution is -2.60. The first-order valence-corrected chi connectivity index (χ1v) is 20.3. The summed E-state index contributed by atoms with van der Waals surface area (Å²) in [6.45, 7) is 16.3. The summed E-state index contributed by atoms with van der Waals surface area (Å²) in [6, 6.07) is 5.60. The number of carbonyl (C=O) groups is 5. The number of carbonyl (C=O) groups excluding carboxylic acids is 4. The van der Waals surface area contributed by atoms with Crippen molar-refractivity contribution in [1.29, 1.82) is 0 Å². The molecule has 14 heteroatoms. The fourth-order valence-corrected chi connectivity index (χ4v) is 8.21. The van der Waals surface area contributed by atoms with E-state index in [1.165, 1.54) is 14.2 Å². The van der Waals surface area contributed by atoms with Crippen LogP contribution in [0.15, 0.2) is 30.3 Å². The Kier molecular flexibility index (Phi) is 19.9. The Morgan fingerprint density at radius 3 is 2.05 bits per heavy atom. The monoisotopic (exact) mass is 789 g/mol. The van der Waals surface area contributed by atoms with E-state index in [1.807, 2.05) is 90.7 Å². The summed E-state index contributed by atoms with van der Waals surface area (Å²) in [5, 5.41) is 15.6. The molecule has 0 bridgehead atoms. The number of aliphatic carboxylic acids is 1. The van der Waals surface area contributed by atoms with Gasteiger partial charge in [-0.25, -0.2) is 4.79 Å². The summed E-state index contributed by atoms with van der Waals surface area (Å²) in [7, 11) is 6.61. The lowest BCUT2D eigenvalue weighted by atomic mass is 9.89. The van der Waals surface area contributed by atoms with Crippen LogP contribution < -0.4 is 16.4 Å². The minimum atomic E-state index is -1.14. The van der Waals surface area contributed by atoms with Gasteiger partial charge in [0.2, 0.25) is 23.6 Å². The van der Waals surface area contributed by atoms with Crippen LogP contribution in [-0.4, -0.2) is 139 Å². The Labute approximate surface area is 335 Å². The van der Waals surface area contributed by atoms with Crippen LogP contribution >= 0.6 is 0 Å². The minimum Gasteiger partial charge on any atom is -0.480 e. The summed E-state index contributed by atoms with van der Waals surface area (Å²) in [5.41, 5.74) is 6.83. The number of hydrogen-bond acceptors (Lipinski definition) is 9. The Hall–Kier alpha value is -3.59. The summed E-state index contributed by atoms with van der Waals surface area (Å²) in [4.78, 5) is 73.2. The van der Waals surface area contributed by atoms with Crippen molar-refractivity contribution in [3.8, 4) is 0 Å². The molecule has 0 saturated carbocycles. The quantitative estimate of drug-likeness (QED) is 0.129. The molecular weight excluding hydrogens is 716 g/mol. The summed E-state index contributed by atoms with van der Waals surface area (Å²) < 4.78 is 11.9. The van der Waals surface area contributed by atoms with Crippen molar-refractivity contribution >= 4 is 29.6 Å². The predicted octanol–water partition coefficient (Wildman–Crippen LogP) is 3.16. The van der Waals surface area contributed by atoms with E-state index < -0.39 is 60.2 Å². The van der Waals surface area contributed by atoms with E-state index >= 15 is 0 Å². The number of carboxylic acid groups (broad SMARTS) is 1. The molecule has 0 spiro atoms. The predicted molar refractivity (Wildman–Crippen MR) is 218 cm³/mol. The van der Waals surface area contributed by atoms with Crippen LogP contribution in [0, 0.1) is 23.7 Å². The fraction of sp³-hybridized carbons (Fsp3) is 0.738. The van der Waals surface area contributed by atoms with Gasteiger partial charge in [0.1, 0.15) is 12.1 Å². The van der Waals surface area contributed by atoms with Gasteiger partial charge in [-0.05, 0) is 50.1 Å². The third-order valence-corrected chi connectivity index (χ3v) is 11.3. The van der Waals surface area contributed by atoms with Gasteiger partial charge in [0, 0.05) is 46.8 Å². The van der Waals surface area contributed by atoms with Crippen molar-refractivity contribution in [3.63, 3.8) is 0 Å². The fourth-order valence-electron chi connectivity index (χ4n) is 8.21. The summed E-state index contributed by atoms with van der Waals surface area (Å²) >= 11 is 0. The van der Waals surface area contributed by atoms with Gasteiger partial charge in [-0.15, -0.1) is 0 Å². The van der Waals surface area contributed by atoms with E-state index in [4.69, 9.17) is 15.2 Å². The molecule has 2 rings (SSSR count). The molecular formula is C42H72N6O8. The zero-order valence-corrected chi connectivity index (χ0v) is 36.0. The van der Waals surface area contributed by atoms with Crippen molar-refractivity contribution in [2.75, 3.05) is 41.4 Å². The molecule has 14 nitrogen and oxygen atoms in total. The van der Waals surface area contributed by atoms with Crippen molar-refractivity contribution in [2.24, 2.45) is 29.4 Å². The molecule has 1 saturated heterocycles. The van der Waals surface area contributed by atoms with Crippen LogP contribution in [0.3, 0.4) is 0 Å². The molecule has 1 aliphatic rings. The number of nitrogens with zero attached hydrogens (tertiary/aromatic N) is 3. The molecule has 0 aliphatic carbocycles. The highest BCUT2D eigenvalue weighted by molar-refractivity contribution is 5.90. The topological polar surface area (TPSA) is 184 Å². The molecule has 5 N–H and O–H groups in total. The molecule has 1 aromatic carbocycles. The van der Waals surface area contributed by atoms with Crippen LogP contribution in [0.25, 0.3) is 0 Å². The normalized spacial score (nSPS) is 19.4. The van der Waals surface area contributed by atoms with Crippen molar-refractivity contribution in [1.82, 2.24) is 25.3 Å². The number of nitrogens with two attached hydrogens (primary N) is 1. The summed E-state index contributed by atoms with van der Waals surface area (Å²) in [6.07, 6.45) is 0.748. The van der Waals surface area contributed by atoms with Crippen LogP contribution in [-0.2, 0) is 39.9 Å². The number of amides is 4. The Balaban J connectivity index is 2.28. The first kappa shape index (κ1) is 48.6. The number of rotatable bonds is 23. The Morgan fingerprint density at radius 2 is 1.55 bits per heavy atom. The maximum atomic E-state index is 14.4. The number of methoxy groups -OCH3 is 2. The number of ether oxygens (including phenoxy) is 2. The van der Waals surface area contributed by atoms with E-state index in [0.29, 0.717) is 32.4 Å². The van der Waals surface area contributed by atoms with E-state index in [2.05, 4.69) is 10.6 Å².